The first-order valence-corrected chi connectivity index (χ1v) is 6.76. The molecule has 0 amide bonds. The highest BCUT2D eigenvalue weighted by Gasteiger charge is 2.24. The predicted molar refractivity (Wildman–Crippen MR) is 81.3 cm³/mol. The van der Waals surface area contributed by atoms with Gasteiger partial charge in [-0.15, -0.1) is 0 Å². The van der Waals surface area contributed by atoms with Gasteiger partial charge in [-0.2, -0.15) is 0 Å². The Kier molecular flexibility index (Phi) is 5.36. The highest BCUT2D eigenvalue weighted by Crippen LogP contribution is 2.20. The van der Waals surface area contributed by atoms with Crippen LogP contribution in [0.1, 0.15) is 31.9 Å². The molecular weight excluding hydrogens is 218 g/mol. The van der Waals surface area contributed by atoms with Gasteiger partial charge in [0.25, 0.3) is 0 Å². The van der Waals surface area contributed by atoms with Crippen molar-refractivity contribution in [2.45, 2.75) is 27.3 Å². The van der Waals surface area contributed by atoms with Gasteiger partial charge in [-0.25, -0.2) is 0 Å². The van der Waals surface area contributed by atoms with Crippen LogP contribution in [-0.2, 0) is 6.54 Å². The summed E-state index contributed by atoms with van der Waals surface area (Å²) in [5, 5.41) is 0. The third kappa shape index (κ3) is 3.58. The largest absolute Gasteiger partial charge is 0.317 e. The van der Waals surface area contributed by atoms with Gasteiger partial charge in [0.15, 0.2) is 0 Å². The molecule has 0 unspecified atom stereocenters. The molecule has 0 aliphatic heterocycles. The van der Waals surface area contributed by atoms with E-state index in [1.54, 1.807) is 0 Å². The average molecular weight is 244 g/mol. The molecule has 0 saturated heterocycles. The number of quaternary nitrogens is 1. The quantitative estimate of drug-likeness (QED) is 0.496. The van der Waals surface area contributed by atoms with Crippen LogP contribution in [-0.4, -0.2) is 24.1 Å². The fraction of sp³-hybridized carbons (Fsp3) is 0.412. The molecule has 0 heterocycles. The molecule has 0 saturated carbocycles. The van der Waals surface area contributed by atoms with E-state index in [0.29, 0.717) is 0 Å². The Labute approximate surface area is 112 Å². The lowest BCUT2D eigenvalue weighted by atomic mass is 10.1. The van der Waals surface area contributed by atoms with Crippen molar-refractivity contribution in [3.63, 3.8) is 0 Å². The lowest BCUT2D eigenvalue weighted by Crippen LogP contribution is -2.48. The van der Waals surface area contributed by atoms with Crippen LogP contribution in [0.3, 0.4) is 0 Å². The zero-order valence-electron chi connectivity index (χ0n) is 12.1. The number of hydrogen-bond donors (Lipinski definition) is 0. The van der Waals surface area contributed by atoms with Crippen molar-refractivity contribution < 1.29 is 4.48 Å². The summed E-state index contributed by atoms with van der Waals surface area (Å²) in [5.41, 5.74) is 3.90. The van der Waals surface area contributed by atoms with E-state index in [2.05, 4.69) is 58.2 Å². The van der Waals surface area contributed by atoms with E-state index in [4.69, 9.17) is 0 Å². The Hall–Kier alpha value is -1.34. The lowest BCUT2D eigenvalue weighted by Gasteiger charge is -2.37. The van der Waals surface area contributed by atoms with E-state index >= 15 is 0 Å². The van der Waals surface area contributed by atoms with E-state index < -0.39 is 0 Å². The molecule has 0 N–H and O–H groups in total. The first-order chi connectivity index (χ1) is 8.56. The molecule has 0 aromatic heterocycles. The standard InChI is InChI=1S/C17H26N/c1-6-16-11-9-10-12-17(16)14-18(7-2,8-3)13-15(4)5/h6,9-12H,1,4,7-8,13-14H2,2-3,5H3/q+1. The second kappa shape index (κ2) is 6.55. The molecule has 0 fully saturated rings. The van der Waals surface area contributed by atoms with Gasteiger partial charge in [0, 0.05) is 5.56 Å². The van der Waals surface area contributed by atoms with Crippen LogP contribution in [0.5, 0.6) is 0 Å². The van der Waals surface area contributed by atoms with Gasteiger partial charge < -0.3 is 4.48 Å². The monoisotopic (exact) mass is 244 g/mol. The van der Waals surface area contributed by atoms with Gasteiger partial charge in [0.2, 0.25) is 0 Å². The van der Waals surface area contributed by atoms with E-state index in [-0.39, 0.29) is 0 Å². The minimum Gasteiger partial charge on any atom is -0.317 e. The molecule has 1 aromatic rings. The topological polar surface area (TPSA) is 0 Å². The highest BCUT2D eigenvalue weighted by molar-refractivity contribution is 5.51. The van der Waals surface area contributed by atoms with Gasteiger partial charge in [-0.1, -0.05) is 43.5 Å². The number of rotatable bonds is 7. The van der Waals surface area contributed by atoms with Crippen LogP contribution >= 0.6 is 0 Å². The average Bonchev–Trinajstić information content (AvgIpc) is 2.38. The maximum Gasteiger partial charge on any atom is 0.105 e. The molecule has 1 rings (SSSR count). The first-order valence-electron chi connectivity index (χ1n) is 6.76. The number of benzene rings is 1. The summed E-state index contributed by atoms with van der Waals surface area (Å²) in [6, 6.07) is 8.55. The Morgan fingerprint density at radius 3 is 2.33 bits per heavy atom. The summed E-state index contributed by atoms with van der Waals surface area (Å²) in [7, 11) is 0. The van der Waals surface area contributed by atoms with Crippen LogP contribution in [0.15, 0.2) is 43.0 Å². The van der Waals surface area contributed by atoms with Crippen LogP contribution in [0, 0.1) is 0 Å². The normalized spacial score (nSPS) is 11.3. The zero-order chi connectivity index (χ0) is 13.6. The molecule has 18 heavy (non-hydrogen) atoms. The van der Waals surface area contributed by atoms with Crippen molar-refractivity contribution in [2.24, 2.45) is 0 Å². The van der Waals surface area contributed by atoms with Gasteiger partial charge in [-0.3, -0.25) is 0 Å². The molecule has 1 aromatic carbocycles. The molecule has 1 heteroatoms. The summed E-state index contributed by atoms with van der Waals surface area (Å²) in [4.78, 5) is 0. The van der Waals surface area contributed by atoms with Gasteiger partial charge in [0.1, 0.15) is 6.54 Å². The Bertz CT molecular complexity index is 413. The minimum absolute atomic E-state index is 1.05. The smallest absolute Gasteiger partial charge is 0.105 e. The lowest BCUT2D eigenvalue weighted by molar-refractivity contribution is -0.933. The van der Waals surface area contributed by atoms with E-state index in [0.717, 1.165) is 30.7 Å². The maximum absolute atomic E-state index is 4.08. The predicted octanol–water partition coefficient (Wildman–Crippen LogP) is 4.26. The second-order valence-electron chi connectivity index (χ2n) is 5.15. The third-order valence-corrected chi connectivity index (χ3v) is 3.73. The van der Waals surface area contributed by atoms with Crippen molar-refractivity contribution in [3.05, 3.63) is 54.1 Å². The van der Waals surface area contributed by atoms with Crippen molar-refractivity contribution in [1.29, 1.82) is 0 Å². The molecule has 0 spiro atoms. The number of nitrogens with zero attached hydrogens (tertiary/aromatic N) is 1. The Balaban J connectivity index is 3.02. The summed E-state index contributed by atoms with van der Waals surface area (Å²) < 4.78 is 1.07. The van der Waals surface area contributed by atoms with Crippen molar-refractivity contribution in [2.75, 3.05) is 19.6 Å². The highest BCUT2D eigenvalue weighted by atomic mass is 15.3. The van der Waals surface area contributed by atoms with Gasteiger partial charge in [-0.05, 0) is 31.9 Å². The summed E-state index contributed by atoms with van der Waals surface area (Å²) in [6.45, 7) is 19.0. The van der Waals surface area contributed by atoms with Crippen LogP contribution in [0.4, 0.5) is 0 Å². The number of likely N-dealkylation sites (N-methyl/N-ethyl adjacent to an activating group) is 1. The van der Waals surface area contributed by atoms with E-state index in [1.807, 2.05) is 6.08 Å². The maximum atomic E-state index is 4.08. The molecule has 1 nitrogen and oxygen atoms in total. The second-order valence-corrected chi connectivity index (χ2v) is 5.15. The molecular formula is C17H26N+. The van der Waals surface area contributed by atoms with E-state index in [9.17, 15) is 0 Å². The molecule has 0 bridgehead atoms. The van der Waals surface area contributed by atoms with Gasteiger partial charge >= 0.3 is 0 Å². The Morgan fingerprint density at radius 1 is 1.22 bits per heavy atom. The van der Waals surface area contributed by atoms with E-state index in [1.165, 1.54) is 16.7 Å². The minimum atomic E-state index is 1.05. The van der Waals surface area contributed by atoms with Crippen LogP contribution in [0.25, 0.3) is 6.08 Å². The molecule has 0 aliphatic carbocycles. The summed E-state index contributed by atoms with van der Waals surface area (Å²) >= 11 is 0. The molecule has 0 radical (unpaired) electrons. The van der Waals surface area contributed by atoms with Crippen molar-refractivity contribution >= 4 is 6.08 Å². The third-order valence-electron chi connectivity index (χ3n) is 3.73. The molecule has 98 valence electrons. The molecule has 0 atom stereocenters. The molecule has 0 aliphatic rings. The Morgan fingerprint density at radius 2 is 1.83 bits per heavy atom. The van der Waals surface area contributed by atoms with Crippen LogP contribution < -0.4 is 0 Å². The fourth-order valence-corrected chi connectivity index (χ4v) is 2.54. The van der Waals surface area contributed by atoms with Crippen molar-refractivity contribution in [3.8, 4) is 0 Å². The first kappa shape index (κ1) is 14.7. The summed E-state index contributed by atoms with van der Waals surface area (Å²) in [5.74, 6) is 0. The SMILES string of the molecule is C=Cc1ccccc1C[N+](CC)(CC)CC(=C)C. The fourth-order valence-electron chi connectivity index (χ4n) is 2.54. The van der Waals surface area contributed by atoms with Crippen LogP contribution in [0.2, 0.25) is 0 Å². The van der Waals surface area contributed by atoms with Gasteiger partial charge in [0.05, 0.1) is 19.6 Å². The zero-order valence-corrected chi connectivity index (χ0v) is 12.1. The number of hydrogen-bond acceptors (Lipinski definition) is 0. The van der Waals surface area contributed by atoms with Crippen molar-refractivity contribution in [1.82, 2.24) is 0 Å². The summed E-state index contributed by atoms with van der Waals surface area (Å²) in [6.07, 6.45) is 1.95.